The van der Waals surface area contributed by atoms with Crippen molar-refractivity contribution in [3.63, 3.8) is 0 Å². The first-order chi connectivity index (χ1) is 9.95. The predicted octanol–water partition coefficient (Wildman–Crippen LogP) is 2.88. The standard InChI is InChI=1S/C15H20FNO3S/c1-3-17(10-11(2)15(19)20)14(18)8-9-21-13-7-5-4-6-12(13)16/h4-7,11H,3,8-10H2,1-2H3,(H,19,20). The number of carboxylic acids is 1. The number of nitrogens with zero attached hydrogens (tertiary/aromatic N) is 1. The number of rotatable bonds is 8. The number of aliphatic carboxylic acids is 1. The molecule has 0 aromatic heterocycles. The highest BCUT2D eigenvalue weighted by Crippen LogP contribution is 2.22. The van der Waals surface area contributed by atoms with Crippen molar-refractivity contribution in [2.45, 2.75) is 25.2 Å². The summed E-state index contributed by atoms with van der Waals surface area (Å²) in [5, 5.41) is 8.88. The minimum Gasteiger partial charge on any atom is -0.481 e. The molecule has 1 amide bonds. The Kier molecular flexibility index (Phi) is 7.22. The predicted molar refractivity (Wildman–Crippen MR) is 80.8 cm³/mol. The van der Waals surface area contributed by atoms with Gasteiger partial charge in [-0.05, 0) is 19.1 Å². The molecule has 1 rings (SSSR count). The minimum atomic E-state index is -0.915. The highest BCUT2D eigenvalue weighted by molar-refractivity contribution is 7.99. The second-order valence-electron chi connectivity index (χ2n) is 4.70. The first-order valence-corrected chi connectivity index (χ1v) is 7.82. The number of hydrogen-bond donors (Lipinski definition) is 1. The number of benzene rings is 1. The molecule has 0 fully saturated rings. The summed E-state index contributed by atoms with van der Waals surface area (Å²) >= 11 is 1.29. The third-order valence-corrected chi connectivity index (χ3v) is 4.11. The third-order valence-electron chi connectivity index (χ3n) is 3.06. The second kappa shape index (κ2) is 8.67. The summed E-state index contributed by atoms with van der Waals surface area (Å²) in [4.78, 5) is 24.9. The second-order valence-corrected chi connectivity index (χ2v) is 5.84. The van der Waals surface area contributed by atoms with Crippen molar-refractivity contribution in [1.82, 2.24) is 4.90 Å². The van der Waals surface area contributed by atoms with Crippen LogP contribution in [-0.2, 0) is 9.59 Å². The van der Waals surface area contributed by atoms with Gasteiger partial charge in [0, 0.05) is 30.2 Å². The van der Waals surface area contributed by atoms with E-state index < -0.39 is 11.9 Å². The van der Waals surface area contributed by atoms with E-state index in [9.17, 15) is 14.0 Å². The van der Waals surface area contributed by atoms with Gasteiger partial charge in [-0.25, -0.2) is 4.39 Å². The molecular formula is C15H20FNO3S. The van der Waals surface area contributed by atoms with Crippen molar-refractivity contribution in [2.24, 2.45) is 5.92 Å². The highest BCUT2D eigenvalue weighted by atomic mass is 32.2. The molecule has 21 heavy (non-hydrogen) atoms. The lowest BCUT2D eigenvalue weighted by atomic mass is 10.1. The van der Waals surface area contributed by atoms with E-state index in [-0.39, 0.29) is 24.7 Å². The van der Waals surface area contributed by atoms with Crippen molar-refractivity contribution in [3.05, 3.63) is 30.1 Å². The van der Waals surface area contributed by atoms with Gasteiger partial charge in [-0.15, -0.1) is 11.8 Å². The fourth-order valence-electron chi connectivity index (χ4n) is 1.78. The lowest BCUT2D eigenvalue weighted by molar-refractivity contribution is -0.143. The summed E-state index contributed by atoms with van der Waals surface area (Å²) in [6.45, 7) is 4.07. The van der Waals surface area contributed by atoms with Crippen LogP contribution in [0, 0.1) is 11.7 Å². The van der Waals surface area contributed by atoms with E-state index in [0.29, 0.717) is 17.2 Å². The summed E-state index contributed by atoms with van der Waals surface area (Å²) in [5.74, 6) is -1.43. The Morgan fingerprint density at radius 1 is 1.38 bits per heavy atom. The van der Waals surface area contributed by atoms with Crippen LogP contribution in [0.1, 0.15) is 20.3 Å². The maximum Gasteiger partial charge on any atom is 0.308 e. The van der Waals surface area contributed by atoms with Gasteiger partial charge in [0.2, 0.25) is 5.91 Å². The zero-order valence-corrected chi connectivity index (χ0v) is 13.0. The zero-order valence-electron chi connectivity index (χ0n) is 12.2. The van der Waals surface area contributed by atoms with E-state index in [0.717, 1.165) is 0 Å². The SMILES string of the molecule is CCN(CC(C)C(=O)O)C(=O)CCSc1ccccc1F. The van der Waals surface area contributed by atoms with E-state index in [1.807, 2.05) is 6.92 Å². The Morgan fingerprint density at radius 2 is 2.05 bits per heavy atom. The molecule has 1 unspecified atom stereocenters. The van der Waals surface area contributed by atoms with Crippen molar-refractivity contribution < 1.29 is 19.1 Å². The fourth-order valence-corrected chi connectivity index (χ4v) is 2.66. The van der Waals surface area contributed by atoms with E-state index in [2.05, 4.69) is 0 Å². The Bertz CT molecular complexity index is 496. The van der Waals surface area contributed by atoms with E-state index >= 15 is 0 Å². The number of hydrogen-bond acceptors (Lipinski definition) is 3. The van der Waals surface area contributed by atoms with Gasteiger partial charge in [0.1, 0.15) is 5.82 Å². The maximum absolute atomic E-state index is 13.4. The molecular weight excluding hydrogens is 293 g/mol. The van der Waals surface area contributed by atoms with Crippen LogP contribution in [0.15, 0.2) is 29.2 Å². The number of amides is 1. The van der Waals surface area contributed by atoms with Gasteiger partial charge in [0.15, 0.2) is 0 Å². The van der Waals surface area contributed by atoms with Crippen LogP contribution < -0.4 is 0 Å². The molecule has 1 N–H and O–H groups in total. The lowest BCUT2D eigenvalue weighted by Crippen LogP contribution is -2.36. The number of halogens is 1. The normalized spacial score (nSPS) is 12.0. The van der Waals surface area contributed by atoms with Crippen LogP contribution in [-0.4, -0.2) is 40.7 Å². The molecule has 0 spiro atoms. The van der Waals surface area contributed by atoms with Crippen LogP contribution >= 0.6 is 11.8 Å². The molecule has 4 nitrogen and oxygen atoms in total. The molecule has 0 bridgehead atoms. The van der Waals surface area contributed by atoms with Crippen LogP contribution in [0.25, 0.3) is 0 Å². The smallest absolute Gasteiger partial charge is 0.308 e. The summed E-state index contributed by atoms with van der Waals surface area (Å²) in [5.41, 5.74) is 0. The van der Waals surface area contributed by atoms with Crippen molar-refractivity contribution >= 4 is 23.6 Å². The summed E-state index contributed by atoms with van der Waals surface area (Å²) in [6, 6.07) is 6.43. The molecule has 116 valence electrons. The minimum absolute atomic E-state index is 0.102. The van der Waals surface area contributed by atoms with Crippen LogP contribution in [0.5, 0.6) is 0 Å². The Balaban J connectivity index is 2.44. The largest absolute Gasteiger partial charge is 0.481 e. The van der Waals surface area contributed by atoms with Gasteiger partial charge in [0.05, 0.1) is 5.92 Å². The molecule has 0 saturated carbocycles. The van der Waals surface area contributed by atoms with Gasteiger partial charge in [-0.2, -0.15) is 0 Å². The van der Waals surface area contributed by atoms with Crippen LogP contribution in [0.2, 0.25) is 0 Å². The number of carbonyl (C=O) groups excluding carboxylic acids is 1. The average molecular weight is 313 g/mol. The quantitative estimate of drug-likeness (QED) is 0.750. The zero-order chi connectivity index (χ0) is 15.8. The first-order valence-electron chi connectivity index (χ1n) is 6.83. The van der Waals surface area contributed by atoms with Crippen LogP contribution in [0.4, 0.5) is 4.39 Å². The molecule has 1 aromatic rings. The highest BCUT2D eigenvalue weighted by Gasteiger charge is 2.19. The summed E-state index contributed by atoms with van der Waals surface area (Å²) < 4.78 is 13.4. The Labute approximate surface area is 128 Å². The van der Waals surface area contributed by atoms with Gasteiger partial charge in [0.25, 0.3) is 0 Å². The van der Waals surface area contributed by atoms with Gasteiger partial charge < -0.3 is 10.0 Å². The topological polar surface area (TPSA) is 57.6 Å². The molecule has 0 aliphatic heterocycles. The molecule has 1 aromatic carbocycles. The van der Waals surface area contributed by atoms with Crippen molar-refractivity contribution in [1.29, 1.82) is 0 Å². The monoisotopic (exact) mass is 313 g/mol. The molecule has 0 radical (unpaired) electrons. The van der Waals surface area contributed by atoms with E-state index in [4.69, 9.17) is 5.11 Å². The van der Waals surface area contributed by atoms with Gasteiger partial charge >= 0.3 is 5.97 Å². The number of carboxylic acid groups (broad SMARTS) is 1. The van der Waals surface area contributed by atoms with Crippen LogP contribution in [0.3, 0.4) is 0 Å². The number of carbonyl (C=O) groups is 2. The maximum atomic E-state index is 13.4. The molecule has 0 heterocycles. The van der Waals surface area contributed by atoms with E-state index in [1.54, 1.807) is 25.1 Å². The lowest BCUT2D eigenvalue weighted by Gasteiger charge is -2.22. The first kappa shape index (κ1) is 17.5. The van der Waals surface area contributed by atoms with Crippen molar-refractivity contribution in [2.75, 3.05) is 18.8 Å². The Morgan fingerprint density at radius 3 is 2.62 bits per heavy atom. The van der Waals surface area contributed by atoms with Gasteiger partial charge in [-0.1, -0.05) is 19.1 Å². The van der Waals surface area contributed by atoms with Gasteiger partial charge in [-0.3, -0.25) is 9.59 Å². The molecule has 0 aliphatic carbocycles. The summed E-state index contributed by atoms with van der Waals surface area (Å²) in [7, 11) is 0. The van der Waals surface area contributed by atoms with Crippen molar-refractivity contribution in [3.8, 4) is 0 Å². The molecule has 0 saturated heterocycles. The average Bonchev–Trinajstić information content (AvgIpc) is 2.46. The Hall–Kier alpha value is -1.56. The summed E-state index contributed by atoms with van der Waals surface area (Å²) in [6.07, 6.45) is 0.263. The third kappa shape index (κ3) is 5.75. The fraction of sp³-hybridized carbons (Fsp3) is 0.467. The number of thioether (sulfide) groups is 1. The molecule has 1 atom stereocenters. The van der Waals surface area contributed by atoms with E-state index in [1.165, 1.54) is 22.7 Å². The molecule has 0 aliphatic rings. The molecule has 6 heteroatoms.